The molecule has 7 nitrogen and oxygen atoms in total. The van der Waals surface area contributed by atoms with E-state index >= 15 is 0 Å². The van der Waals surface area contributed by atoms with Crippen LogP contribution in [0, 0.1) is 6.92 Å². The van der Waals surface area contributed by atoms with Gasteiger partial charge >= 0.3 is 0 Å². The fourth-order valence-electron chi connectivity index (χ4n) is 2.77. The predicted molar refractivity (Wildman–Crippen MR) is 92.3 cm³/mol. The SMILES string of the molecule is Cc1ccsc1C(=O)N1CCCn2cnc(CNS(C)(=O)=O)c2C1. The summed E-state index contributed by atoms with van der Waals surface area (Å²) in [4.78, 5) is 19.7. The highest BCUT2D eigenvalue weighted by molar-refractivity contribution is 7.88. The van der Waals surface area contributed by atoms with Gasteiger partial charge in [-0.05, 0) is 30.4 Å². The van der Waals surface area contributed by atoms with Crippen LogP contribution in [0.1, 0.15) is 33.0 Å². The molecule has 1 aliphatic rings. The van der Waals surface area contributed by atoms with Gasteiger partial charge in [-0.3, -0.25) is 4.79 Å². The highest BCUT2D eigenvalue weighted by Crippen LogP contribution is 2.22. The predicted octanol–water partition coefficient (Wildman–Crippen LogP) is 1.35. The first-order valence-corrected chi connectivity index (χ1v) is 10.4. The van der Waals surface area contributed by atoms with E-state index in [4.69, 9.17) is 0 Å². The molecule has 0 unspecified atom stereocenters. The standard InChI is InChI=1S/C15H20N4O3S2/c1-11-4-7-23-14(11)15(20)18-5-3-6-19-10-16-12(13(19)9-18)8-17-24(2,21)22/h4,7,10,17H,3,5-6,8-9H2,1-2H3. The number of fused-ring (bicyclic) bond motifs is 1. The molecule has 0 spiro atoms. The van der Waals surface area contributed by atoms with Crippen LogP contribution < -0.4 is 4.72 Å². The van der Waals surface area contributed by atoms with Crippen LogP contribution in [0.4, 0.5) is 0 Å². The van der Waals surface area contributed by atoms with Crippen molar-refractivity contribution in [1.29, 1.82) is 0 Å². The molecule has 130 valence electrons. The Balaban J connectivity index is 1.83. The fraction of sp³-hybridized carbons (Fsp3) is 0.467. The summed E-state index contributed by atoms with van der Waals surface area (Å²) in [5.74, 6) is 0.0270. The van der Waals surface area contributed by atoms with E-state index in [-0.39, 0.29) is 12.5 Å². The number of thiophene rings is 1. The quantitative estimate of drug-likeness (QED) is 0.883. The number of hydrogen-bond acceptors (Lipinski definition) is 5. The zero-order valence-corrected chi connectivity index (χ0v) is 15.3. The van der Waals surface area contributed by atoms with E-state index < -0.39 is 10.0 Å². The molecular formula is C15H20N4O3S2. The molecule has 9 heteroatoms. The first-order valence-electron chi connectivity index (χ1n) is 7.66. The minimum Gasteiger partial charge on any atom is -0.333 e. The molecule has 1 amide bonds. The van der Waals surface area contributed by atoms with Gasteiger partial charge in [0.1, 0.15) is 0 Å². The topological polar surface area (TPSA) is 84.3 Å². The van der Waals surface area contributed by atoms with E-state index in [2.05, 4.69) is 9.71 Å². The third kappa shape index (κ3) is 3.68. The molecule has 0 aliphatic carbocycles. The number of nitrogens with zero attached hydrogens (tertiary/aromatic N) is 3. The number of rotatable bonds is 4. The van der Waals surface area contributed by atoms with Gasteiger partial charge in [-0.2, -0.15) is 0 Å². The second-order valence-corrected chi connectivity index (χ2v) is 8.69. The van der Waals surface area contributed by atoms with Gasteiger partial charge in [0.25, 0.3) is 5.91 Å². The lowest BCUT2D eigenvalue weighted by Crippen LogP contribution is -2.31. The smallest absolute Gasteiger partial charge is 0.264 e. The lowest BCUT2D eigenvalue weighted by molar-refractivity contribution is 0.0749. The normalized spacial score (nSPS) is 15.2. The van der Waals surface area contributed by atoms with E-state index in [9.17, 15) is 13.2 Å². The van der Waals surface area contributed by atoms with Crippen LogP contribution in [-0.2, 0) is 29.7 Å². The molecule has 0 fully saturated rings. The van der Waals surface area contributed by atoms with Gasteiger partial charge in [-0.25, -0.2) is 18.1 Å². The summed E-state index contributed by atoms with van der Waals surface area (Å²) in [5, 5.41) is 1.92. The number of aromatic nitrogens is 2. The van der Waals surface area contributed by atoms with Crippen molar-refractivity contribution in [2.45, 2.75) is 33.0 Å². The Labute approximate surface area is 145 Å². The molecule has 2 aromatic heterocycles. The summed E-state index contributed by atoms with van der Waals surface area (Å²) in [7, 11) is -3.28. The van der Waals surface area contributed by atoms with E-state index in [0.717, 1.165) is 35.4 Å². The van der Waals surface area contributed by atoms with Crippen LogP contribution >= 0.6 is 11.3 Å². The van der Waals surface area contributed by atoms with Crippen molar-refractivity contribution in [3.63, 3.8) is 0 Å². The minimum absolute atomic E-state index is 0.0270. The molecule has 2 aromatic rings. The maximum absolute atomic E-state index is 12.8. The van der Waals surface area contributed by atoms with Crippen molar-refractivity contribution in [3.8, 4) is 0 Å². The Hall–Kier alpha value is -1.71. The fourth-order valence-corrected chi connectivity index (χ4v) is 4.06. The number of aryl methyl sites for hydroxylation is 2. The summed E-state index contributed by atoms with van der Waals surface area (Å²) in [5.41, 5.74) is 2.55. The zero-order valence-electron chi connectivity index (χ0n) is 13.7. The van der Waals surface area contributed by atoms with Crippen molar-refractivity contribution in [2.24, 2.45) is 0 Å². The molecule has 0 atom stereocenters. The van der Waals surface area contributed by atoms with Gasteiger partial charge < -0.3 is 9.47 Å². The Morgan fingerprint density at radius 1 is 1.42 bits per heavy atom. The van der Waals surface area contributed by atoms with Gasteiger partial charge in [0.15, 0.2) is 0 Å². The summed E-state index contributed by atoms with van der Waals surface area (Å²) in [6.07, 6.45) is 3.69. The third-order valence-corrected chi connectivity index (χ3v) is 5.72. The Kier molecular flexibility index (Phi) is 4.75. The first kappa shape index (κ1) is 17.1. The van der Waals surface area contributed by atoms with Gasteiger partial charge in [-0.15, -0.1) is 11.3 Å². The Morgan fingerprint density at radius 2 is 2.21 bits per heavy atom. The maximum atomic E-state index is 12.8. The molecular weight excluding hydrogens is 348 g/mol. The van der Waals surface area contributed by atoms with Crippen LogP contribution in [0.25, 0.3) is 0 Å². The number of imidazole rings is 1. The van der Waals surface area contributed by atoms with Crippen molar-refractivity contribution in [3.05, 3.63) is 39.6 Å². The first-order chi connectivity index (χ1) is 11.3. The number of nitrogens with one attached hydrogen (secondary N) is 1. The van der Waals surface area contributed by atoms with Gasteiger partial charge in [0, 0.05) is 13.1 Å². The molecule has 0 aromatic carbocycles. The number of amides is 1. The van der Waals surface area contributed by atoms with Gasteiger partial charge in [-0.1, -0.05) is 0 Å². The molecule has 1 aliphatic heterocycles. The summed E-state index contributed by atoms with van der Waals surface area (Å²) in [6, 6.07) is 1.95. The number of carbonyl (C=O) groups excluding carboxylic acids is 1. The third-order valence-electron chi connectivity index (χ3n) is 4.05. The molecule has 24 heavy (non-hydrogen) atoms. The van der Waals surface area contributed by atoms with E-state index in [1.165, 1.54) is 11.3 Å². The molecule has 0 saturated heterocycles. The average molecular weight is 368 g/mol. The van der Waals surface area contributed by atoms with E-state index in [1.807, 2.05) is 27.8 Å². The van der Waals surface area contributed by atoms with Crippen LogP contribution in [0.2, 0.25) is 0 Å². The second-order valence-electron chi connectivity index (χ2n) is 5.94. The van der Waals surface area contributed by atoms with Crippen LogP contribution in [0.15, 0.2) is 17.8 Å². The van der Waals surface area contributed by atoms with Crippen molar-refractivity contribution >= 4 is 27.3 Å². The Morgan fingerprint density at radius 3 is 2.88 bits per heavy atom. The molecule has 0 saturated carbocycles. The van der Waals surface area contributed by atoms with Gasteiger partial charge in [0.2, 0.25) is 10.0 Å². The van der Waals surface area contributed by atoms with Crippen molar-refractivity contribution < 1.29 is 13.2 Å². The van der Waals surface area contributed by atoms with Crippen molar-refractivity contribution in [2.75, 3.05) is 12.8 Å². The minimum atomic E-state index is -3.28. The average Bonchev–Trinajstić information content (AvgIpc) is 3.03. The zero-order chi connectivity index (χ0) is 17.3. The van der Waals surface area contributed by atoms with Crippen molar-refractivity contribution in [1.82, 2.24) is 19.2 Å². The Bertz CT molecular complexity index is 854. The van der Waals surface area contributed by atoms with Gasteiger partial charge in [0.05, 0.1) is 41.9 Å². The van der Waals surface area contributed by atoms with E-state index in [1.54, 1.807) is 6.33 Å². The molecule has 3 heterocycles. The largest absolute Gasteiger partial charge is 0.333 e. The molecule has 0 bridgehead atoms. The second kappa shape index (κ2) is 6.66. The molecule has 0 radical (unpaired) electrons. The van der Waals surface area contributed by atoms with E-state index in [0.29, 0.717) is 18.8 Å². The van der Waals surface area contributed by atoms with Crippen LogP contribution in [-0.4, -0.2) is 41.6 Å². The molecule has 3 rings (SSSR count). The lowest BCUT2D eigenvalue weighted by atomic mass is 10.2. The summed E-state index contributed by atoms with van der Waals surface area (Å²) < 4.78 is 27.1. The number of hydrogen-bond donors (Lipinski definition) is 1. The maximum Gasteiger partial charge on any atom is 0.264 e. The lowest BCUT2D eigenvalue weighted by Gasteiger charge is -2.20. The van der Waals surface area contributed by atoms with Crippen LogP contribution in [0.5, 0.6) is 0 Å². The summed E-state index contributed by atoms with van der Waals surface area (Å²) in [6.45, 7) is 3.97. The number of carbonyl (C=O) groups is 1. The summed E-state index contributed by atoms with van der Waals surface area (Å²) >= 11 is 1.45. The number of sulfonamides is 1. The highest BCUT2D eigenvalue weighted by atomic mass is 32.2. The monoisotopic (exact) mass is 368 g/mol. The highest BCUT2D eigenvalue weighted by Gasteiger charge is 2.24. The van der Waals surface area contributed by atoms with Crippen LogP contribution in [0.3, 0.4) is 0 Å². The molecule has 1 N–H and O–H groups in total.